The van der Waals surface area contributed by atoms with Crippen LogP contribution in [0.1, 0.15) is 19.8 Å². The summed E-state index contributed by atoms with van der Waals surface area (Å²) < 4.78 is 0. The third kappa shape index (κ3) is 4.96. The summed E-state index contributed by atoms with van der Waals surface area (Å²) in [6, 6.07) is 0. The molecule has 0 spiro atoms. The first-order valence-electron chi connectivity index (χ1n) is 6.19. The van der Waals surface area contributed by atoms with Crippen LogP contribution >= 0.6 is 0 Å². The number of hydrogen-bond acceptors (Lipinski definition) is 3. The second-order valence-corrected chi connectivity index (χ2v) is 5.35. The van der Waals surface area contributed by atoms with Crippen molar-refractivity contribution < 1.29 is 0 Å². The van der Waals surface area contributed by atoms with Crippen molar-refractivity contribution in [1.82, 2.24) is 9.80 Å². The van der Waals surface area contributed by atoms with E-state index in [0.717, 1.165) is 12.5 Å². The van der Waals surface area contributed by atoms with Crippen molar-refractivity contribution in [1.29, 1.82) is 0 Å². The van der Waals surface area contributed by atoms with Crippen molar-refractivity contribution in [2.75, 3.05) is 46.8 Å². The summed E-state index contributed by atoms with van der Waals surface area (Å²) in [5.74, 6) is 1.56. The van der Waals surface area contributed by atoms with Crippen molar-refractivity contribution in [3.8, 4) is 0 Å². The normalized spacial score (nSPS) is 22.2. The molecule has 3 heteroatoms. The van der Waals surface area contributed by atoms with E-state index in [1.54, 1.807) is 0 Å². The molecule has 1 unspecified atom stereocenters. The van der Waals surface area contributed by atoms with E-state index in [1.807, 2.05) is 0 Å². The van der Waals surface area contributed by atoms with Crippen LogP contribution in [-0.2, 0) is 0 Å². The second-order valence-electron chi connectivity index (χ2n) is 5.35. The highest BCUT2D eigenvalue weighted by Gasteiger charge is 2.20. The molecule has 1 heterocycles. The van der Waals surface area contributed by atoms with Crippen molar-refractivity contribution in [2.24, 2.45) is 17.6 Å². The molecule has 1 rings (SSSR count). The first-order chi connectivity index (χ1) is 7.11. The highest BCUT2D eigenvalue weighted by Crippen LogP contribution is 2.18. The molecule has 1 aliphatic rings. The SMILES string of the molecule is CC(CN)CN1CCC(CN(C)C)CC1. The molecular weight excluding hydrogens is 186 g/mol. The highest BCUT2D eigenvalue weighted by atomic mass is 15.1. The predicted molar refractivity (Wildman–Crippen MR) is 65.9 cm³/mol. The molecule has 0 aromatic heterocycles. The maximum Gasteiger partial charge on any atom is 0.00191 e. The Morgan fingerprint density at radius 2 is 1.93 bits per heavy atom. The Morgan fingerprint density at radius 1 is 1.33 bits per heavy atom. The Labute approximate surface area is 94.6 Å². The van der Waals surface area contributed by atoms with Gasteiger partial charge >= 0.3 is 0 Å². The summed E-state index contributed by atoms with van der Waals surface area (Å²) in [5, 5.41) is 0. The summed E-state index contributed by atoms with van der Waals surface area (Å²) in [6.45, 7) is 8.03. The number of likely N-dealkylation sites (tertiary alicyclic amines) is 1. The average molecular weight is 213 g/mol. The van der Waals surface area contributed by atoms with Gasteiger partial charge in [-0.2, -0.15) is 0 Å². The van der Waals surface area contributed by atoms with Gasteiger partial charge in [0.15, 0.2) is 0 Å². The smallest absolute Gasteiger partial charge is 0.00191 e. The molecule has 1 fully saturated rings. The Morgan fingerprint density at radius 3 is 2.40 bits per heavy atom. The van der Waals surface area contributed by atoms with E-state index in [9.17, 15) is 0 Å². The van der Waals surface area contributed by atoms with Crippen LogP contribution in [0.2, 0.25) is 0 Å². The molecule has 0 aliphatic carbocycles. The van der Waals surface area contributed by atoms with Crippen molar-refractivity contribution >= 4 is 0 Å². The van der Waals surface area contributed by atoms with E-state index in [-0.39, 0.29) is 0 Å². The van der Waals surface area contributed by atoms with Gasteiger partial charge in [0.2, 0.25) is 0 Å². The van der Waals surface area contributed by atoms with Gasteiger partial charge in [0.25, 0.3) is 0 Å². The van der Waals surface area contributed by atoms with Gasteiger partial charge < -0.3 is 15.5 Å². The van der Waals surface area contributed by atoms with Crippen molar-refractivity contribution in [3.63, 3.8) is 0 Å². The zero-order chi connectivity index (χ0) is 11.3. The Balaban J connectivity index is 2.18. The maximum atomic E-state index is 5.65. The fourth-order valence-corrected chi connectivity index (χ4v) is 2.38. The molecule has 2 N–H and O–H groups in total. The molecule has 0 saturated carbocycles. The molecule has 0 aromatic rings. The molecule has 0 radical (unpaired) electrons. The summed E-state index contributed by atoms with van der Waals surface area (Å²) in [4.78, 5) is 4.88. The molecule has 0 bridgehead atoms. The second kappa shape index (κ2) is 6.46. The lowest BCUT2D eigenvalue weighted by atomic mass is 9.95. The molecule has 90 valence electrons. The van der Waals surface area contributed by atoms with Gasteiger partial charge in [-0.15, -0.1) is 0 Å². The maximum absolute atomic E-state index is 5.65. The van der Waals surface area contributed by atoms with E-state index < -0.39 is 0 Å². The standard InChI is InChI=1S/C12H27N3/c1-11(8-13)9-15-6-4-12(5-7-15)10-14(2)3/h11-12H,4-10,13H2,1-3H3. The molecule has 15 heavy (non-hydrogen) atoms. The van der Waals surface area contributed by atoms with Crippen LogP contribution in [0.15, 0.2) is 0 Å². The lowest BCUT2D eigenvalue weighted by molar-refractivity contribution is 0.148. The van der Waals surface area contributed by atoms with E-state index >= 15 is 0 Å². The van der Waals surface area contributed by atoms with Gasteiger partial charge in [-0.05, 0) is 58.4 Å². The summed E-state index contributed by atoms with van der Waals surface area (Å²) in [5.41, 5.74) is 5.65. The fraction of sp³-hybridized carbons (Fsp3) is 1.00. The topological polar surface area (TPSA) is 32.5 Å². The van der Waals surface area contributed by atoms with Gasteiger partial charge in [-0.25, -0.2) is 0 Å². The average Bonchev–Trinajstić information content (AvgIpc) is 2.20. The Bertz CT molecular complexity index is 162. The van der Waals surface area contributed by atoms with Gasteiger partial charge in [0, 0.05) is 13.1 Å². The van der Waals surface area contributed by atoms with Crippen LogP contribution in [0.3, 0.4) is 0 Å². The lowest BCUT2D eigenvalue weighted by Crippen LogP contribution is -2.40. The van der Waals surface area contributed by atoms with E-state index in [4.69, 9.17) is 5.73 Å². The number of piperidine rings is 1. The van der Waals surface area contributed by atoms with Gasteiger partial charge in [0.05, 0.1) is 0 Å². The van der Waals surface area contributed by atoms with Crippen LogP contribution < -0.4 is 5.73 Å². The van der Waals surface area contributed by atoms with Crippen LogP contribution in [0.5, 0.6) is 0 Å². The summed E-state index contributed by atoms with van der Waals surface area (Å²) in [7, 11) is 4.34. The molecule has 0 aromatic carbocycles. The minimum atomic E-state index is 0.649. The lowest BCUT2D eigenvalue weighted by Gasteiger charge is -2.34. The monoisotopic (exact) mass is 213 g/mol. The molecule has 1 atom stereocenters. The van der Waals surface area contributed by atoms with E-state index in [2.05, 4.69) is 30.8 Å². The number of nitrogens with zero attached hydrogens (tertiary/aromatic N) is 2. The minimum absolute atomic E-state index is 0.649. The highest BCUT2D eigenvalue weighted by molar-refractivity contribution is 4.75. The number of hydrogen-bond donors (Lipinski definition) is 1. The number of rotatable bonds is 5. The largest absolute Gasteiger partial charge is 0.330 e. The Kier molecular flexibility index (Phi) is 5.58. The Hall–Kier alpha value is -0.120. The predicted octanol–water partition coefficient (Wildman–Crippen LogP) is 0.855. The summed E-state index contributed by atoms with van der Waals surface area (Å²) >= 11 is 0. The zero-order valence-electron chi connectivity index (χ0n) is 10.6. The van der Waals surface area contributed by atoms with Gasteiger partial charge in [-0.3, -0.25) is 0 Å². The van der Waals surface area contributed by atoms with Crippen LogP contribution in [0, 0.1) is 11.8 Å². The van der Waals surface area contributed by atoms with Crippen molar-refractivity contribution in [2.45, 2.75) is 19.8 Å². The quantitative estimate of drug-likeness (QED) is 0.735. The molecule has 0 amide bonds. The third-order valence-electron chi connectivity index (χ3n) is 3.30. The molecule has 1 saturated heterocycles. The first kappa shape index (κ1) is 12.9. The molecule has 1 aliphatic heterocycles. The first-order valence-corrected chi connectivity index (χ1v) is 6.19. The fourth-order valence-electron chi connectivity index (χ4n) is 2.38. The third-order valence-corrected chi connectivity index (χ3v) is 3.30. The minimum Gasteiger partial charge on any atom is -0.330 e. The zero-order valence-corrected chi connectivity index (χ0v) is 10.6. The van der Waals surface area contributed by atoms with Crippen LogP contribution in [-0.4, -0.2) is 56.6 Å². The van der Waals surface area contributed by atoms with E-state index in [0.29, 0.717) is 5.92 Å². The van der Waals surface area contributed by atoms with Crippen molar-refractivity contribution in [3.05, 3.63) is 0 Å². The molecule has 3 nitrogen and oxygen atoms in total. The van der Waals surface area contributed by atoms with E-state index in [1.165, 1.54) is 39.0 Å². The van der Waals surface area contributed by atoms with Gasteiger partial charge in [0.1, 0.15) is 0 Å². The van der Waals surface area contributed by atoms with Crippen LogP contribution in [0.4, 0.5) is 0 Å². The number of nitrogens with two attached hydrogens (primary N) is 1. The molecular formula is C12H27N3. The summed E-state index contributed by atoms with van der Waals surface area (Å²) in [6.07, 6.45) is 2.71. The van der Waals surface area contributed by atoms with Crippen LogP contribution in [0.25, 0.3) is 0 Å². The van der Waals surface area contributed by atoms with Gasteiger partial charge in [-0.1, -0.05) is 6.92 Å².